The first-order valence-electron chi connectivity index (χ1n) is 9.01. The van der Waals surface area contributed by atoms with Crippen molar-refractivity contribution in [3.8, 4) is 5.75 Å². The fourth-order valence-electron chi connectivity index (χ4n) is 3.43. The number of hydrogen-bond donors (Lipinski definition) is 1. The Morgan fingerprint density at radius 3 is 2.68 bits per heavy atom. The van der Waals surface area contributed by atoms with Gasteiger partial charge in [-0.25, -0.2) is 0 Å². The number of benzene rings is 2. The highest BCUT2D eigenvalue weighted by atomic mass is 16.5. The predicted octanol–water partition coefficient (Wildman–Crippen LogP) is 3.59. The summed E-state index contributed by atoms with van der Waals surface area (Å²) >= 11 is 0. The molecule has 1 heterocycles. The summed E-state index contributed by atoms with van der Waals surface area (Å²) in [5.74, 6) is 0.868. The van der Waals surface area contributed by atoms with Crippen molar-refractivity contribution >= 4 is 5.69 Å². The summed E-state index contributed by atoms with van der Waals surface area (Å²) in [6.45, 7) is 2.77. The number of hydrogen-bond acceptors (Lipinski definition) is 4. The zero-order valence-corrected chi connectivity index (χ0v) is 14.9. The third-order valence-corrected chi connectivity index (χ3v) is 4.76. The zero-order chi connectivity index (χ0) is 17.5. The molecule has 0 spiro atoms. The molecule has 3 rings (SSSR count). The van der Waals surface area contributed by atoms with Gasteiger partial charge in [-0.15, -0.1) is 0 Å². The van der Waals surface area contributed by atoms with Crippen LogP contribution in [0.3, 0.4) is 0 Å². The Hall–Kier alpha value is -2.04. The van der Waals surface area contributed by atoms with Crippen LogP contribution in [0.2, 0.25) is 0 Å². The number of ether oxygens (including phenoxy) is 2. The van der Waals surface area contributed by atoms with Crippen molar-refractivity contribution in [2.24, 2.45) is 0 Å². The minimum Gasteiger partial charge on any atom is -0.492 e. The molecule has 1 atom stereocenters. The van der Waals surface area contributed by atoms with Gasteiger partial charge in [0, 0.05) is 32.4 Å². The van der Waals surface area contributed by atoms with Crippen LogP contribution in [0.25, 0.3) is 0 Å². The van der Waals surface area contributed by atoms with Crippen molar-refractivity contribution in [2.75, 3.05) is 38.3 Å². The van der Waals surface area contributed by atoms with E-state index in [1.54, 1.807) is 7.11 Å². The smallest absolute Gasteiger partial charge is 0.119 e. The van der Waals surface area contributed by atoms with Gasteiger partial charge in [0.2, 0.25) is 0 Å². The molecule has 4 heteroatoms. The number of aryl methyl sites for hydroxylation is 1. The van der Waals surface area contributed by atoms with Gasteiger partial charge in [0.25, 0.3) is 0 Å². The number of nitrogens with zero attached hydrogens (tertiary/aromatic N) is 1. The lowest BCUT2D eigenvalue weighted by Crippen LogP contribution is -2.33. The summed E-state index contributed by atoms with van der Waals surface area (Å²) in [4.78, 5) is 2.41. The van der Waals surface area contributed by atoms with Gasteiger partial charge in [0.15, 0.2) is 0 Å². The van der Waals surface area contributed by atoms with E-state index in [9.17, 15) is 0 Å². The van der Waals surface area contributed by atoms with E-state index >= 15 is 0 Å². The maximum Gasteiger partial charge on any atom is 0.119 e. The largest absolute Gasteiger partial charge is 0.492 e. The molecule has 0 aromatic heterocycles. The summed E-state index contributed by atoms with van der Waals surface area (Å²) < 4.78 is 11.3. The number of aliphatic hydroxyl groups excluding tert-OH is 1. The summed E-state index contributed by atoms with van der Waals surface area (Å²) in [5.41, 5.74) is 3.85. The zero-order valence-electron chi connectivity index (χ0n) is 14.9. The van der Waals surface area contributed by atoms with E-state index in [0.29, 0.717) is 13.0 Å². The van der Waals surface area contributed by atoms with Crippen LogP contribution in [-0.2, 0) is 11.2 Å². The highest BCUT2D eigenvalue weighted by Gasteiger charge is 2.15. The van der Waals surface area contributed by atoms with Crippen LogP contribution in [0.4, 0.5) is 5.69 Å². The molecule has 25 heavy (non-hydrogen) atoms. The van der Waals surface area contributed by atoms with Crippen LogP contribution in [0, 0.1) is 0 Å². The highest BCUT2D eigenvalue weighted by Crippen LogP contribution is 2.26. The van der Waals surface area contributed by atoms with E-state index in [-0.39, 0.29) is 12.7 Å². The van der Waals surface area contributed by atoms with Crippen molar-refractivity contribution < 1.29 is 14.6 Å². The van der Waals surface area contributed by atoms with Crippen LogP contribution >= 0.6 is 0 Å². The van der Waals surface area contributed by atoms with E-state index in [2.05, 4.69) is 29.2 Å². The average Bonchev–Trinajstić information content (AvgIpc) is 2.67. The molecule has 1 aliphatic heterocycles. The quantitative estimate of drug-likeness (QED) is 0.797. The fraction of sp³-hybridized carbons (Fsp3) is 0.429. The first kappa shape index (κ1) is 17.8. The second-order valence-electron chi connectivity index (χ2n) is 6.37. The van der Waals surface area contributed by atoms with Crippen LogP contribution in [-0.4, -0.2) is 38.5 Å². The van der Waals surface area contributed by atoms with E-state index < -0.39 is 0 Å². The summed E-state index contributed by atoms with van der Waals surface area (Å²) in [6, 6.07) is 16.6. The van der Waals surface area contributed by atoms with Crippen molar-refractivity contribution in [3.05, 3.63) is 59.7 Å². The fourth-order valence-corrected chi connectivity index (χ4v) is 3.43. The molecule has 0 bridgehead atoms. The van der Waals surface area contributed by atoms with E-state index in [1.807, 2.05) is 24.3 Å². The summed E-state index contributed by atoms with van der Waals surface area (Å²) in [6.07, 6.45) is 2.91. The predicted molar refractivity (Wildman–Crippen MR) is 100 cm³/mol. The van der Waals surface area contributed by atoms with Crippen molar-refractivity contribution in [1.29, 1.82) is 0 Å². The maximum atomic E-state index is 9.08. The van der Waals surface area contributed by atoms with Gasteiger partial charge in [-0.2, -0.15) is 0 Å². The summed E-state index contributed by atoms with van der Waals surface area (Å²) in [7, 11) is 1.67. The van der Waals surface area contributed by atoms with Crippen LogP contribution in [0.1, 0.15) is 30.1 Å². The molecular weight excluding hydrogens is 314 g/mol. The van der Waals surface area contributed by atoms with Gasteiger partial charge in [-0.3, -0.25) is 0 Å². The molecular formula is C21H27NO3. The topological polar surface area (TPSA) is 41.9 Å². The monoisotopic (exact) mass is 341 g/mol. The molecule has 0 saturated heterocycles. The molecule has 2 aromatic carbocycles. The van der Waals surface area contributed by atoms with Gasteiger partial charge < -0.3 is 19.5 Å². The second-order valence-corrected chi connectivity index (χ2v) is 6.37. The third kappa shape index (κ3) is 4.53. The van der Waals surface area contributed by atoms with Crippen molar-refractivity contribution in [3.63, 3.8) is 0 Å². The lowest BCUT2D eigenvalue weighted by molar-refractivity contribution is 0.0775. The minimum absolute atomic E-state index is 0.0658. The Balaban J connectivity index is 1.53. The molecule has 0 saturated carbocycles. The Kier molecular flexibility index (Phi) is 6.31. The Morgan fingerprint density at radius 2 is 1.92 bits per heavy atom. The van der Waals surface area contributed by atoms with Crippen LogP contribution in [0.5, 0.6) is 5.75 Å². The lowest BCUT2D eigenvalue weighted by Gasteiger charge is -2.31. The van der Waals surface area contributed by atoms with Gasteiger partial charge in [0.1, 0.15) is 12.4 Å². The number of anilines is 1. The number of methoxy groups -OCH3 is 1. The summed E-state index contributed by atoms with van der Waals surface area (Å²) in [5, 5.41) is 9.08. The normalized spacial score (nSPS) is 14.9. The molecule has 4 nitrogen and oxygen atoms in total. The molecule has 134 valence electrons. The first-order chi connectivity index (χ1) is 12.3. The van der Waals surface area contributed by atoms with E-state index in [1.165, 1.54) is 24.1 Å². The van der Waals surface area contributed by atoms with Crippen molar-refractivity contribution in [2.45, 2.75) is 25.4 Å². The SMILES string of the molecule is COC(CCO)c1ccc(OCCN2CCCc3ccccc32)cc1. The maximum absolute atomic E-state index is 9.08. The molecule has 1 aliphatic rings. The molecule has 1 N–H and O–H groups in total. The molecule has 0 fully saturated rings. The van der Waals surface area contributed by atoms with Gasteiger partial charge in [0.05, 0.1) is 12.6 Å². The second kappa shape index (κ2) is 8.88. The first-order valence-corrected chi connectivity index (χ1v) is 9.01. The number of fused-ring (bicyclic) bond motifs is 1. The molecule has 1 unspecified atom stereocenters. The number of rotatable bonds is 8. The van der Waals surface area contributed by atoms with E-state index in [4.69, 9.17) is 14.6 Å². The average molecular weight is 341 g/mol. The highest BCUT2D eigenvalue weighted by molar-refractivity contribution is 5.55. The molecule has 2 aromatic rings. The van der Waals surface area contributed by atoms with Crippen LogP contribution < -0.4 is 9.64 Å². The molecule has 0 aliphatic carbocycles. The lowest BCUT2D eigenvalue weighted by atomic mass is 10.0. The Labute approximate surface area is 150 Å². The Bertz CT molecular complexity index is 656. The Morgan fingerprint density at radius 1 is 1.12 bits per heavy atom. The van der Waals surface area contributed by atoms with Gasteiger partial charge in [-0.1, -0.05) is 30.3 Å². The third-order valence-electron chi connectivity index (χ3n) is 4.76. The van der Waals surface area contributed by atoms with Gasteiger partial charge >= 0.3 is 0 Å². The standard InChI is InChI=1S/C21H27NO3/c1-24-21(12-15-23)18-8-10-19(11-9-18)25-16-14-22-13-4-6-17-5-2-3-7-20(17)22/h2-3,5,7-11,21,23H,4,6,12-16H2,1H3. The van der Waals surface area contributed by atoms with Crippen molar-refractivity contribution in [1.82, 2.24) is 0 Å². The van der Waals surface area contributed by atoms with E-state index in [0.717, 1.165) is 24.4 Å². The number of aliphatic hydroxyl groups is 1. The van der Waals surface area contributed by atoms with Gasteiger partial charge in [-0.05, 0) is 42.2 Å². The molecule has 0 radical (unpaired) electrons. The molecule has 0 amide bonds. The minimum atomic E-state index is -0.0658. The number of para-hydroxylation sites is 1. The van der Waals surface area contributed by atoms with Crippen LogP contribution in [0.15, 0.2) is 48.5 Å².